The lowest BCUT2D eigenvalue weighted by Gasteiger charge is -2.21. The van der Waals surface area contributed by atoms with Gasteiger partial charge in [-0.3, -0.25) is 0 Å². The van der Waals surface area contributed by atoms with E-state index in [1.54, 1.807) is 6.08 Å². The number of nitrogens with zero attached hydrogens (tertiary/aromatic N) is 1. The summed E-state index contributed by atoms with van der Waals surface area (Å²) in [6.45, 7) is 0. The molecule has 0 aromatic carbocycles. The fourth-order valence-corrected chi connectivity index (χ4v) is 2.24. The molecule has 1 saturated carbocycles. The molecule has 0 aromatic heterocycles. The second kappa shape index (κ2) is 4.09. The highest BCUT2D eigenvalue weighted by molar-refractivity contribution is 14.1. The van der Waals surface area contributed by atoms with Gasteiger partial charge in [0.2, 0.25) is 6.08 Å². The van der Waals surface area contributed by atoms with E-state index in [1.807, 2.05) is 0 Å². The van der Waals surface area contributed by atoms with Crippen molar-refractivity contribution in [1.29, 1.82) is 0 Å². The number of halogens is 1. The van der Waals surface area contributed by atoms with Gasteiger partial charge >= 0.3 is 0 Å². The van der Waals surface area contributed by atoms with E-state index in [1.165, 1.54) is 19.3 Å². The first kappa shape index (κ1) is 8.21. The molecule has 1 fully saturated rings. The number of hydrogen-bond acceptors (Lipinski definition) is 2. The van der Waals surface area contributed by atoms with E-state index in [-0.39, 0.29) is 6.04 Å². The highest BCUT2D eigenvalue weighted by Gasteiger charge is 2.21. The van der Waals surface area contributed by atoms with E-state index in [0.717, 1.165) is 6.42 Å². The van der Waals surface area contributed by atoms with Crippen molar-refractivity contribution in [2.75, 3.05) is 0 Å². The lowest BCUT2D eigenvalue weighted by Crippen LogP contribution is -2.22. The molecule has 0 saturated heterocycles. The normalized spacial score (nSPS) is 32.9. The zero-order chi connectivity index (χ0) is 7.40. The zero-order valence-electron chi connectivity index (χ0n) is 5.72. The van der Waals surface area contributed by atoms with Crippen molar-refractivity contribution in [2.24, 2.45) is 4.99 Å². The lowest BCUT2D eigenvalue weighted by molar-refractivity contribution is 0.461. The standard InChI is InChI=1S/C7H10INO/c8-6-3-1-2-4-7(6)9-5-10/h6-7H,1-4H2. The summed E-state index contributed by atoms with van der Waals surface area (Å²) in [5, 5.41) is 0. The van der Waals surface area contributed by atoms with Crippen LogP contribution in [0.3, 0.4) is 0 Å². The number of hydrogen-bond donors (Lipinski definition) is 0. The predicted octanol–water partition coefficient (Wildman–Crippen LogP) is 2.07. The number of isocyanates is 1. The first-order valence-corrected chi connectivity index (χ1v) is 4.80. The molecule has 3 heteroatoms. The molecule has 0 N–H and O–H groups in total. The third-order valence-electron chi connectivity index (χ3n) is 1.87. The number of alkyl halides is 1. The van der Waals surface area contributed by atoms with Gasteiger partial charge in [-0.05, 0) is 12.8 Å². The lowest BCUT2D eigenvalue weighted by atomic mass is 9.96. The van der Waals surface area contributed by atoms with E-state index in [2.05, 4.69) is 27.6 Å². The van der Waals surface area contributed by atoms with Gasteiger partial charge in [-0.15, -0.1) is 0 Å². The van der Waals surface area contributed by atoms with E-state index in [4.69, 9.17) is 0 Å². The maximum atomic E-state index is 9.92. The van der Waals surface area contributed by atoms with E-state index in [0.29, 0.717) is 3.92 Å². The topological polar surface area (TPSA) is 29.4 Å². The van der Waals surface area contributed by atoms with Gasteiger partial charge in [0.05, 0.1) is 6.04 Å². The van der Waals surface area contributed by atoms with Crippen molar-refractivity contribution in [1.82, 2.24) is 0 Å². The smallest absolute Gasteiger partial charge is 0.211 e. The molecule has 0 bridgehead atoms. The van der Waals surface area contributed by atoms with Crippen LogP contribution in [-0.2, 0) is 4.79 Å². The van der Waals surface area contributed by atoms with Crippen LogP contribution >= 0.6 is 22.6 Å². The summed E-state index contributed by atoms with van der Waals surface area (Å²) in [5.74, 6) is 0. The molecule has 0 aliphatic heterocycles. The van der Waals surface area contributed by atoms with Gasteiger partial charge < -0.3 is 0 Å². The molecule has 56 valence electrons. The van der Waals surface area contributed by atoms with Crippen LogP contribution in [0, 0.1) is 0 Å². The molecule has 2 nitrogen and oxygen atoms in total. The molecule has 2 atom stereocenters. The van der Waals surface area contributed by atoms with Gasteiger partial charge in [0.15, 0.2) is 0 Å². The van der Waals surface area contributed by atoms with Crippen LogP contribution in [0.2, 0.25) is 0 Å². The van der Waals surface area contributed by atoms with Crippen LogP contribution in [0.4, 0.5) is 0 Å². The highest BCUT2D eigenvalue weighted by Crippen LogP contribution is 2.26. The molecule has 1 aliphatic rings. The Hall–Kier alpha value is 0.110. The van der Waals surface area contributed by atoms with Gasteiger partial charge in [0, 0.05) is 3.92 Å². The molecular weight excluding hydrogens is 241 g/mol. The molecular formula is C7H10INO. The molecule has 0 spiro atoms. The number of rotatable bonds is 1. The fourth-order valence-electron chi connectivity index (χ4n) is 1.28. The predicted molar refractivity (Wildman–Crippen MR) is 48.2 cm³/mol. The average molecular weight is 251 g/mol. The molecule has 1 aliphatic carbocycles. The third-order valence-corrected chi connectivity index (χ3v) is 3.32. The summed E-state index contributed by atoms with van der Waals surface area (Å²) in [7, 11) is 0. The highest BCUT2D eigenvalue weighted by atomic mass is 127. The minimum absolute atomic E-state index is 0.256. The van der Waals surface area contributed by atoms with Crippen LogP contribution < -0.4 is 0 Å². The van der Waals surface area contributed by atoms with Crippen LogP contribution in [0.5, 0.6) is 0 Å². The second-order valence-electron chi connectivity index (χ2n) is 2.59. The SMILES string of the molecule is O=C=NC1CCCCC1I. The minimum atomic E-state index is 0.256. The largest absolute Gasteiger partial charge is 0.235 e. The first-order chi connectivity index (χ1) is 4.84. The first-order valence-electron chi connectivity index (χ1n) is 3.55. The van der Waals surface area contributed by atoms with Crippen LogP contribution in [-0.4, -0.2) is 16.0 Å². The second-order valence-corrected chi connectivity index (χ2v) is 4.19. The Morgan fingerprint density at radius 2 is 2.10 bits per heavy atom. The maximum Gasteiger partial charge on any atom is 0.235 e. The number of aliphatic imine (C=N–C) groups is 1. The third kappa shape index (κ3) is 2.06. The Kier molecular flexibility index (Phi) is 3.35. The summed E-state index contributed by atoms with van der Waals surface area (Å²) in [6, 6.07) is 0.256. The van der Waals surface area contributed by atoms with Gasteiger partial charge in [0.25, 0.3) is 0 Å². The Morgan fingerprint density at radius 3 is 2.70 bits per heavy atom. The summed E-state index contributed by atoms with van der Waals surface area (Å²) in [4.78, 5) is 13.7. The van der Waals surface area contributed by atoms with Crippen molar-refractivity contribution < 1.29 is 4.79 Å². The summed E-state index contributed by atoms with van der Waals surface area (Å²) < 4.78 is 0.563. The van der Waals surface area contributed by atoms with Crippen molar-refractivity contribution >= 4 is 28.7 Å². The van der Waals surface area contributed by atoms with Gasteiger partial charge in [-0.25, -0.2) is 9.79 Å². The van der Waals surface area contributed by atoms with Crippen LogP contribution in [0.25, 0.3) is 0 Å². The average Bonchev–Trinajstić information content (AvgIpc) is 1.94. The van der Waals surface area contributed by atoms with Crippen molar-refractivity contribution in [3.05, 3.63) is 0 Å². The van der Waals surface area contributed by atoms with E-state index in [9.17, 15) is 4.79 Å². The zero-order valence-corrected chi connectivity index (χ0v) is 7.87. The summed E-state index contributed by atoms with van der Waals surface area (Å²) in [5.41, 5.74) is 0. The molecule has 0 heterocycles. The molecule has 0 aromatic rings. The van der Waals surface area contributed by atoms with Crippen molar-refractivity contribution in [3.63, 3.8) is 0 Å². The van der Waals surface area contributed by atoms with Gasteiger partial charge in [-0.2, -0.15) is 0 Å². The quantitative estimate of drug-likeness (QED) is 0.303. The van der Waals surface area contributed by atoms with Gasteiger partial charge in [-0.1, -0.05) is 35.4 Å². The Balaban J connectivity index is 2.47. The monoisotopic (exact) mass is 251 g/mol. The summed E-state index contributed by atoms with van der Waals surface area (Å²) in [6.07, 6.45) is 6.42. The molecule has 0 radical (unpaired) electrons. The molecule has 2 unspecified atom stereocenters. The molecule has 1 rings (SSSR count). The summed E-state index contributed by atoms with van der Waals surface area (Å²) >= 11 is 2.37. The Labute approximate surface area is 74.2 Å². The van der Waals surface area contributed by atoms with Crippen molar-refractivity contribution in [3.8, 4) is 0 Å². The maximum absolute atomic E-state index is 9.92. The van der Waals surface area contributed by atoms with Gasteiger partial charge in [0.1, 0.15) is 0 Å². The van der Waals surface area contributed by atoms with Crippen molar-refractivity contribution in [2.45, 2.75) is 35.6 Å². The molecule has 0 amide bonds. The Morgan fingerprint density at radius 1 is 1.40 bits per heavy atom. The van der Waals surface area contributed by atoms with Crippen LogP contribution in [0.1, 0.15) is 25.7 Å². The van der Waals surface area contributed by atoms with Crippen LogP contribution in [0.15, 0.2) is 4.99 Å². The van der Waals surface area contributed by atoms with E-state index < -0.39 is 0 Å². The molecule has 10 heavy (non-hydrogen) atoms. The fraction of sp³-hybridized carbons (Fsp3) is 0.857. The minimum Gasteiger partial charge on any atom is -0.211 e. The number of carbonyl (C=O) groups excluding carboxylic acids is 1. The van der Waals surface area contributed by atoms with E-state index >= 15 is 0 Å². The Bertz CT molecular complexity index is 154.